The first-order valence-electron chi connectivity index (χ1n) is 7.48. The minimum absolute atomic E-state index is 0.0387. The molecule has 1 aliphatic rings. The first kappa shape index (κ1) is 15.2. The number of nitrogens with zero attached hydrogens (tertiary/aromatic N) is 3. The van der Waals surface area contributed by atoms with E-state index in [1.807, 2.05) is 13.1 Å². The molecule has 0 atom stereocenters. The molecule has 5 nitrogen and oxygen atoms in total. The molecular formula is C15H25N3O2. The van der Waals surface area contributed by atoms with Crippen molar-refractivity contribution in [3.8, 4) is 0 Å². The lowest BCUT2D eigenvalue weighted by molar-refractivity contribution is 0.0458. The van der Waals surface area contributed by atoms with Crippen molar-refractivity contribution >= 4 is 5.69 Å². The number of hydrogen-bond donors (Lipinski definition) is 1. The van der Waals surface area contributed by atoms with E-state index in [4.69, 9.17) is 4.74 Å². The van der Waals surface area contributed by atoms with E-state index in [-0.39, 0.29) is 12.5 Å². The van der Waals surface area contributed by atoms with E-state index in [9.17, 15) is 5.11 Å². The van der Waals surface area contributed by atoms with Gasteiger partial charge in [-0.2, -0.15) is 0 Å². The largest absolute Gasteiger partial charge is 0.390 e. The number of aliphatic hydroxyl groups is 1. The van der Waals surface area contributed by atoms with E-state index in [0.29, 0.717) is 6.10 Å². The summed E-state index contributed by atoms with van der Waals surface area (Å²) in [7, 11) is 0. The van der Waals surface area contributed by atoms with Gasteiger partial charge in [-0.3, -0.25) is 0 Å². The molecule has 5 heteroatoms. The average Bonchev–Trinajstić information content (AvgIpc) is 2.47. The summed E-state index contributed by atoms with van der Waals surface area (Å²) in [5, 5.41) is 9.55. The molecule has 0 amide bonds. The summed E-state index contributed by atoms with van der Waals surface area (Å²) in [5.74, 6) is 1.07. The van der Waals surface area contributed by atoms with E-state index in [0.717, 1.165) is 49.7 Å². The highest BCUT2D eigenvalue weighted by Gasteiger charge is 2.22. The Morgan fingerprint density at radius 2 is 2.10 bits per heavy atom. The van der Waals surface area contributed by atoms with Crippen molar-refractivity contribution in [2.45, 2.75) is 52.2 Å². The van der Waals surface area contributed by atoms with Gasteiger partial charge in [-0.15, -0.1) is 0 Å². The lowest BCUT2D eigenvalue weighted by Gasteiger charge is -2.34. The van der Waals surface area contributed by atoms with Gasteiger partial charge in [0.05, 0.1) is 30.3 Å². The minimum atomic E-state index is -0.0387. The summed E-state index contributed by atoms with van der Waals surface area (Å²) in [5.41, 5.74) is 1.70. The summed E-state index contributed by atoms with van der Waals surface area (Å²) in [6, 6.07) is 0. The molecule has 0 saturated carbocycles. The maximum Gasteiger partial charge on any atom is 0.131 e. The van der Waals surface area contributed by atoms with Crippen LogP contribution >= 0.6 is 0 Å². The molecule has 0 bridgehead atoms. The smallest absolute Gasteiger partial charge is 0.131 e. The topological polar surface area (TPSA) is 58.5 Å². The average molecular weight is 279 g/mol. The highest BCUT2D eigenvalue weighted by atomic mass is 16.5. The highest BCUT2D eigenvalue weighted by Crippen LogP contribution is 2.24. The number of aliphatic hydroxyl groups excluding tert-OH is 1. The van der Waals surface area contributed by atoms with Gasteiger partial charge in [-0.25, -0.2) is 9.97 Å². The third-order valence-electron chi connectivity index (χ3n) is 3.72. The quantitative estimate of drug-likeness (QED) is 0.894. The molecule has 0 unspecified atom stereocenters. The fourth-order valence-electron chi connectivity index (χ4n) is 2.58. The Balaban J connectivity index is 2.09. The van der Waals surface area contributed by atoms with E-state index < -0.39 is 0 Å². The van der Waals surface area contributed by atoms with Gasteiger partial charge in [0.15, 0.2) is 0 Å². The minimum Gasteiger partial charge on any atom is -0.390 e. The predicted molar refractivity (Wildman–Crippen MR) is 78.9 cm³/mol. The first-order valence-corrected chi connectivity index (χ1v) is 7.48. The monoisotopic (exact) mass is 279 g/mol. The summed E-state index contributed by atoms with van der Waals surface area (Å²) in [4.78, 5) is 11.2. The second kappa shape index (κ2) is 6.99. The van der Waals surface area contributed by atoms with Crippen molar-refractivity contribution in [3.05, 3.63) is 17.7 Å². The molecule has 0 aliphatic carbocycles. The summed E-state index contributed by atoms with van der Waals surface area (Å²) >= 11 is 0. The Hall–Kier alpha value is -1.20. The van der Waals surface area contributed by atoms with Gasteiger partial charge in [0.2, 0.25) is 0 Å². The van der Waals surface area contributed by atoms with Gasteiger partial charge in [-0.1, -0.05) is 13.8 Å². The molecule has 20 heavy (non-hydrogen) atoms. The Kier molecular flexibility index (Phi) is 5.31. The van der Waals surface area contributed by atoms with Gasteiger partial charge in [0, 0.05) is 25.6 Å². The standard InChI is InChI=1S/C15H25N3O2/c1-4-20-12-5-7-18(8-6-12)14-9-16-15(11(2)3)17-13(14)10-19/h9,11-12,19H,4-8,10H2,1-3H3. The van der Waals surface area contributed by atoms with Crippen molar-refractivity contribution in [2.75, 3.05) is 24.6 Å². The van der Waals surface area contributed by atoms with Crippen LogP contribution in [0.5, 0.6) is 0 Å². The first-order chi connectivity index (χ1) is 9.65. The van der Waals surface area contributed by atoms with Crippen LogP contribution in [0.1, 0.15) is 51.0 Å². The second-order valence-corrected chi connectivity index (χ2v) is 5.51. The van der Waals surface area contributed by atoms with Crippen molar-refractivity contribution in [1.29, 1.82) is 0 Å². The van der Waals surface area contributed by atoms with Crippen molar-refractivity contribution in [2.24, 2.45) is 0 Å². The summed E-state index contributed by atoms with van der Waals surface area (Å²) in [6.45, 7) is 8.76. The molecular weight excluding hydrogens is 254 g/mol. The lowest BCUT2D eigenvalue weighted by atomic mass is 10.1. The Morgan fingerprint density at radius 1 is 1.40 bits per heavy atom. The number of hydrogen-bond acceptors (Lipinski definition) is 5. The van der Waals surface area contributed by atoms with Gasteiger partial charge in [0.25, 0.3) is 0 Å². The van der Waals surface area contributed by atoms with Crippen molar-refractivity contribution in [3.63, 3.8) is 0 Å². The van der Waals surface area contributed by atoms with E-state index in [1.54, 1.807) is 0 Å². The molecule has 0 aromatic carbocycles. The molecule has 1 aliphatic heterocycles. The molecule has 0 radical (unpaired) electrons. The summed E-state index contributed by atoms with van der Waals surface area (Å²) in [6.07, 6.45) is 4.26. The van der Waals surface area contributed by atoms with Crippen molar-refractivity contribution < 1.29 is 9.84 Å². The van der Waals surface area contributed by atoms with E-state index >= 15 is 0 Å². The van der Waals surface area contributed by atoms with E-state index in [1.165, 1.54) is 0 Å². The Bertz CT molecular complexity index is 429. The number of ether oxygens (including phenoxy) is 1. The zero-order chi connectivity index (χ0) is 14.5. The fourth-order valence-corrected chi connectivity index (χ4v) is 2.58. The van der Waals surface area contributed by atoms with Gasteiger partial charge in [-0.05, 0) is 19.8 Å². The van der Waals surface area contributed by atoms with Crippen LogP contribution in [0.15, 0.2) is 6.20 Å². The van der Waals surface area contributed by atoms with Crippen molar-refractivity contribution in [1.82, 2.24) is 9.97 Å². The van der Waals surface area contributed by atoms with Crippen LogP contribution in [0.25, 0.3) is 0 Å². The van der Waals surface area contributed by atoms with Crippen LogP contribution in [0, 0.1) is 0 Å². The number of aromatic nitrogens is 2. The molecule has 1 fully saturated rings. The fraction of sp³-hybridized carbons (Fsp3) is 0.733. The van der Waals surface area contributed by atoms with Gasteiger partial charge < -0.3 is 14.7 Å². The van der Waals surface area contributed by atoms with Gasteiger partial charge in [0.1, 0.15) is 5.82 Å². The number of piperidine rings is 1. The Morgan fingerprint density at radius 3 is 2.65 bits per heavy atom. The molecule has 1 aromatic heterocycles. The van der Waals surface area contributed by atoms with Crippen LogP contribution < -0.4 is 4.90 Å². The molecule has 1 saturated heterocycles. The third kappa shape index (κ3) is 3.46. The molecule has 1 aromatic rings. The molecule has 1 N–H and O–H groups in total. The third-order valence-corrected chi connectivity index (χ3v) is 3.72. The molecule has 0 spiro atoms. The van der Waals surface area contributed by atoms with Crippen LogP contribution in [-0.4, -0.2) is 40.9 Å². The molecule has 112 valence electrons. The highest BCUT2D eigenvalue weighted by molar-refractivity contribution is 5.49. The predicted octanol–water partition coefficient (Wildman–Crippen LogP) is 2.10. The normalized spacial score (nSPS) is 16.9. The molecule has 2 heterocycles. The number of anilines is 1. The van der Waals surface area contributed by atoms with Crippen LogP contribution in [0.4, 0.5) is 5.69 Å². The zero-order valence-corrected chi connectivity index (χ0v) is 12.7. The maximum atomic E-state index is 9.55. The maximum absolute atomic E-state index is 9.55. The van der Waals surface area contributed by atoms with Crippen LogP contribution in [0.2, 0.25) is 0 Å². The van der Waals surface area contributed by atoms with E-state index in [2.05, 4.69) is 28.7 Å². The van der Waals surface area contributed by atoms with Crippen LogP contribution in [0.3, 0.4) is 0 Å². The lowest BCUT2D eigenvalue weighted by Crippen LogP contribution is -2.37. The zero-order valence-electron chi connectivity index (χ0n) is 12.7. The Labute approximate surface area is 121 Å². The van der Waals surface area contributed by atoms with Gasteiger partial charge >= 0.3 is 0 Å². The summed E-state index contributed by atoms with van der Waals surface area (Å²) < 4.78 is 5.67. The molecule has 2 rings (SSSR count). The SMILES string of the molecule is CCOC1CCN(c2cnc(C(C)C)nc2CO)CC1. The number of rotatable bonds is 5. The second-order valence-electron chi connectivity index (χ2n) is 5.51. The van der Waals surface area contributed by atoms with Crippen LogP contribution in [-0.2, 0) is 11.3 Å².